The summed E-state index contributed by atoms with van der Waals surface area (Å²) >= 11 is 7.89. The Kier molecular flexibility index (Phi) is 3.18. The fraction of sp³-hybridized carbons (Fsp3) is 0.125. The second-order valence-corrected chi connectivity index (χ2v) is 3.65. The molecular formula is C8H5ClINO. The SMILES string of the molecule is COc1cc(I)c(Cl)cc1C#N. The van der Waals surface area contributed by atoms with Gasteiger partial charge in [0.1, 0.15) is 11.8 Å². The average Bonchev–Trinajstić information content (AvgIpc) is 2.09. The van der Waals surface area contributed by atoms with Crippen molar-refractivity contribution in [1.29, 1.82) is 5.26 Å². The standard InChI is InChI=1S/C8H5ClINO/c1-12-8-3-7(10)6(9)2-5(8)4-11/h2-3H,1H3. The number of ether oxygens (including phenoxy) is 1. The summed E-state index contributed by atoms with van der Waals surface area (Å²) in [7, 11) is 1.53. The van der Waals surface area contributed by atoms with Gasteiger partial charge >= 0.3 is 0 Å². The van der Waals surface area contributed by atoms with E-state index in [4.69, 9.17) is 21.6 Å². The lowest BCUT2D eigenvalue weighted by atomic mass is 10.2. The molecule has 0 aliphatic carbocycles. The molecule has 1 aromatic rings. The van der Waals surface area contributed by atoms with Crippen LogP contribution in [0.3, 0.4) is 0 Å². The molecule has 4 heteroatoms. The van der Waals surface area contributed by atoms with Crippen molar-refractivity contribution in [1.82, 2.24) is 0 Å². The van der Waals surface area contributed by atoms with Crippen LogP contribution in [0, 0.1) is 14.9 Å². The van der Waals surface area contributed by atoms with E-state index >= 15 is 0 Å². The van der Waals surface area contributed by atoms with E-state index in [0.717, 1.165) is 3.57 Å². The highest BCUT2D eigenvalue weighted by Crippen LogP contribution is 2.27. The van der Waals surface area contributed by atoms with Gasteiger partial charge in [-0.15, -0.1) is 0 Å². The monoisotopic (exact) mass is 293 g/mol. The number of benzene rings is 1. The van der Waals surface area contributed by atoms with Crippen LogP contribution in [-0.2, 0) is 0 Å². The van der Waals surface area contributed by atoms with Crippen LogP contribution in [0.15, 0.2) is 12.1 Å². The zero-order valence-corrected chi connectivity index (χ0v) is 9.18. The lowest BCUT2D eigenvalue weighted by Gasteiger charge is -2.03. The summed E-state index contributed by atoms with van der Waals surface area (Å²) in [5.41, 5.74) is 0.461. The fourth-order valence-electron chi connectivity index (χ4n) is 0.785. The van der Waals surface area contributed by atoms with Gasteiger partial charge in [-0.2, -0.15) is 5.26 Å². The molecule has 62 valence electrons. The third kappa shape index (κ3) is 1.82. The zero-order chi connectivity index (χ0) is 9.14. The molecule has 0 N–H and O–H groups in total. The predicted octanol–water partition coefficient (Wildman–Crippen LogP) is 2.82. The van der Waals surface area contributed by atoms with Crippen molar-refractivity contribution in [2.24, 2.45) is 0 Å². The first-order valence-electron chi connectivity index (χ1n) is 3.12. The third-order valence-corrected chi connectivity index (χ3v) is 2.89. The highest BCUT2D eigenvalue weighted by molar-refractivity contribution is 14.1. The molecule has 0 bridgehead atoms. The van der Waals surface area contributed by atoms with Gasteiger partial charge in [-0.25, -0.2) is 0 Å². The van der Waals surface area contributed by atoms with Gasteiger partial charge in [-0.05, 0) is 34.7 Å². The largest absolute Gasteiger partial charge is 0.495 e. The summed E-state index contributed by atoms with van der Waals surface area (Å²) in [4.78, 5) is 0. The van der Waals surface area contributed by atoms with Crippen molar-refractivity contribution in [3.63, 3.8) is 0 Å². The minimum absolute atomic E-state index is 0.461. The maximum Gasteiger partial charge on any atom is 0.137 e. The number of rotatable bonds is 1. The summed E-state index contributed by atoms with van der Waals surface area (Å²) in [6.07, 6.45) is 0. The Balaban J connectivity index is 3.31. The Hall–Kier alpha value is -0.470. The van der Waals surface area contributed by atoms with Gasteiger partial charge < -0.3 is 4.74 Å². The van der Waals surface area contributed by atoms with Gasteiger partial charge in [0.15, 0.2) is 0 Å². The summed E-state index contributed by atoms with van der Waals surface area (Å²) < 4.78 is 5.87. The number of nitriles is 1. The Morgan fingerprint density at radius 1 is 1.58 bits per heavy atom. The average molecular weight is 293 g/mol. The van der Waals surface area contributed by atoms with Crippen LogP contribution in [0.2, 0.25) is 5.02 Å². The molecule has 0 aliphatic heterocycles. The molecule has 0 amide bonds. The van der Waals surface area contributed by atoms with E-state index in [1.54, 1.807) is 12.1 Å². The van der Waals surface area contributed by atoms with Gasteiger partial charge in [0.2, 0.25) is 0 Å². The molecule has 0 fully saturated rings. The quantitative estimate of drug-likeness (QED) is 0.746. The minimum atomic E-state index is 0.461. The minimum Gasteiger partial charge on any atom is -0.495 e. The molecule has 12 heavy (non-hydrogen) atoms. The number of methoxy groups -OCH3 is 1. The van der Waals surface area contributed by atoms with Crippen molar-refractivity contribution in [3.8, 4) is 11.8 Å². The van der Waals surface area contributed by atoms with E-state index < -0.39 is 0 Å². The van der Waals surface area contributed by atoms with Crippen molar-refractivity contribution in [2.75, 3.05) is 7.11 Å². The Morgan fingerprint density at radius 2 is 2.25 bits per heavy atom. The molecule has 0 aliphatic rings. The molecule has 0 spiro atoms. The Labute approximate surface area is 89.2 Å². The Morgan fingerprint density at radius 3 is 2.75 bits per heavy atom. The first kappa shape index (κ1) is 9.62. The predicted molar refractivity (Wildman–Crippen MR) is 55.4 cm³/mol. The van der Waals surface area contributed by atoms with Gasteiger partial charge in [-0.3, -0.25) is 0 Å². The summed E-state index contributed by atoms with van der Waals surface area (Å²) in [6.45, 7) is 0. The molecule has 0 unspecified atom stereocenters. The molecule has 2 nitrogen and oxygen atoms in total. The maximum atomic E-state index is 8.67. The normalized spacial score (nSPS) is 9.17. The lowest BCUT2D eigenvalue weighted by Crippen LogP contribution is -1.89. The van der Waals surface area contributed by atoms with Gasteiger partial charge in [-0.1, -0.05) is 11.6 Å². The number of nitrogens with zero attached hydrogens (tertiary/aromatic N) is 1. The highest BCUT2D eigenvalue weighted by Gasteiger charge is 2.06. The van der Waals surface area contributed by atoms with Crippen molar-refractivity contribution < 1.29 is 4.74 Å². The first-order valence-corrected chi connectivity index (χ1v) is 4.58. The molecule has 0 atom stereocenters. The van der Waals surface area contributed by atoms with Crippen LogP contribution in [0.1, 0.15) is 5.56 Å². The number of hydrogen-bond donors (Lipinski definition) is 0. The van der Waals surface area contributed by atoms with E-state index in [1.165, 1.54) is 7.11 Å². The lowest BCUT2D eigenvalue weighted by molar-refractivity contribution is 0.413. The number of halogens is 2. The summed E-state index contributed by atoms with van der Waals surface area (Å²) in [6, 6.07) is 5.34. The molecule has 1 rings (SSSR count). The van der Waals surface area contributed by atoms with Crippen molar-refractivity contribution in [2.45, 2.75) is 0 Å². The topological polar surface area (TPSA) is 33.0 Å². The van der Waals surface area contributed by atoms with Crippen LogP contribution in [-0.4, -0.2) is 7.11 Å². The molecule has 0 radical (unpaired) electrons. The van der Waals surface area contributed by atoms with Crippen LogP contribution in [0.4, 0.5) is 0 Å². The first-order chi connectivity index (χ1) is 5.69. The van der Waals surface area contributed by atoms with Crippen LogP contribution in [0.5, 0.6) is 5.75 Å². The molecule has 1 aromatic carbocycles. The molecule has 0 aromatic heterocycles. The molecule has 0 heterocycles. The van der Waals surface area contributed by atoms with Crippen LogP contribution in [0.25, 0.3) is 0 Å². The van der Waals surface area contributed by atoms with Crippen molar-refractivity contribution >= 4 is 34.2 Å². The van der Waals surface area contributed by atoms with E-state index in [2.05, 4.69) is 22.6 Å². The summed E-state index contributed by atoms with van der Waals surface area (Å²) in [5, 5.41) is 9.25. The van der Waals surface area contributed by atoms with Gasteiger partial charge in [0, 0.05) is 3.57 Å². The second-order valence-electron chi connectivity index (χ2n) is 2.08. The molecule has 0 saturated heterocycles. The van der Waals surface area contributed by atoms with Crippen molar-refractivity contribution in [3.05, 3.63) is 26.3 Å². The second kappa shape index (κ2) is 3.97. The van der Waals surface area contributed by atoms with Crippen LogP contribution < -0.4 is 4.74 Å². The van der Waals surface area contributed by atoms with E-state index in [1.807, 2.05) is 6.07 Å². The smallest absolute Gasteiger partial charge is 0.137 e. The zero-order valence-electron chi connectivity index (χ0n) is 6.27. The molecule has 0 saturated carbocycles. The van der Waals surface area contributed by atoms with E-state index in [9.17, 15) is 0 Å². The van der Waals surface area contributed by atoms with E-state index in [0.29, 0.717) is 16.3 Å². The maximum absolute atomic E-state index is 8.67. The van der Waals surface area contributed by atoms with E-state index in [-0.39, 0.29) is 0 Å². The highest BCUT2D eigenvalue weighted by atomic mass is 127. The van der Waals surface area contributed by atoms with Crippen LogP contribution >= 0.6 is 34.2 Å². The third-order valence-electron chi connectivity index (χ3n) is 1.36. The summed E-state index contributed by atoms with van der Waals surface area (Å²) in [5.74, 6) is 0.561. The Bertz CT molecular complexity index is 346. The molecular weight excluding hydrogens is 288 g/mol. The fourth-order valence-corrected chi connectivity index (χ4v) is 1.39. The number of hydrogen-bond acceptors (Lipinski definition) is 2. The van der Waals surface area contributed by atoms with Gasteiger partial charge in [0.05, 0.1) is 17.7 Å². The van der Waals surface area contributed by atoms with Gasteiger partial charge in [0.25, 0.3) is 0 Å².